The maximum atomic E-state index is 11.4. The molecule has 0 aromatic carbocycles. The zero-order chi connectivity index (χ0) is 12.1. The minimum absolute atomic E-state index is 0.0581. The summed E-state index contributed by atoms with van der Waals surface area (Å²) in [5.41, 5.74) is 0. The van der Waals surface area contributed by atoms with Crippen molar-refractivity contribution in [1.82, 2.24) is 5.32 Å². The molecule has 5 nitrogen and oxygen atoms in total. The van der Waals surface area contributed by atoms with Gasteiger partial charge in [-0.1, -0.05) is 13.8 Å². The molecule has 0 heterocycles. The third-order valence-corrected chi connectivity index (χ3v) is 2.81. The molecule has 0 fully saturated rings. The first-order valence-corrected chi connectivity index (χ1v) is 6.69. The Labute approximate surface area is 90.4 Å². The first-order valence-electron chi connectivity index (χ1n) is 4.63. The maximum absolute atomic E-state index is 11.4. The fraction of sp³-hybridized carbons (Fsp3) is 0.778. The Morgan fingerprint density at radius 1 is 1.47 bits per heavy atom. The van der Waals surface area contributed by atoms with Crippen LogP contribution in [0.1, 0.15) is 13.8 Å². The molecular weight excluding hydrogens is 216 g/mol. The Bertz CT molecular complexity index is 354. The molecule has 1 atom stereocenters. The van der Waals surface area contributed by atoms with E-state index in [9.17, 15) is 13.2 Å². The average molecular weight is 232 g/mol. The van der Waals surface area contributed by atoms with E-state index in [2.05, 4.69) is 5.32 Å². The number of hydrogen-bond donors (Lipinski definition) is 1. The van der Waals surface area contributed by atoms with Gasteiger partial charge in [-0.15, -0.1) is 0 Å². The maximum Gasteiger partial charge on any atom is 0.237 e. The molecule has 0 aromatic heterocycles. The number of hydrogen-bond acceptors (Lipinski definition) is 4. The van der Waals surface area contributed by atoms with Crippen molar-refractivity contribution in [1.29, 1.82) is 5.26 Å². The number of rotatable bonds is 5. The normalized spacial score (nSPS) is 13.3. The SMILES string of the molecule is CC(C)C(C#N)C(=O)NCCS(C)(=O)=O. The van der Waals surface area contributed by atoms with Gasteiger partial charge in [-0.3, -0.25) is 4.79 Å². The van der Waals surface area contributed by atoms with Crippen molar-refractivity contribution in [3.05, 3.63) is 0 Å². The van der Waals surface area contributed by atoms with Crippen molar-refractivity contribution < 1.29 is 13.2 Å². The van der Waals surface area contributed by atoms with E-state index in [0.29, 0.717) is 0 Å². The second-order valence-corrected chi connectivity index (χ2v) is 6.03. The lowest BCUT2D eigenvalue weighted by Crippen LogP contribution is -2.35. The van der Waals surface area contributed by atoms with Gasteiger partial charge in [0.1, 0.15) is 15.8 Å². The van der Waals surface area contributed by atoms with Gasteiger partial charge in [-0.05, 0) is 5.92 Å². The van der Waals surface area contributed by atoms with Crippen LogP contribution in [0.4, 0.5) is 0 Å². The van der Waals surface area contributed by atoms with E-state index in [1.54, 1.807) is 13.8 Å². The zero-order valence-corrected chi connectivity index (χ0v) is 9.97. The molecule has 0 saturated heterocycles. The summed E-state index contributed by atoms with van der Waals surface area (Å²) in [6.45, 7) is 3.59. The summed E-state index contributed by atoms with van der Waals surface area (Å²) in [5, 5.41) is 11.1. The van der Waals surface area contributed by atoms with Gasteiger partial charge in [0.15, 0.2) is 0 Å². The lowest BCUT2D eigenvalue weighted by atomic mass is 9.97. The Morgan fingerprint density at radius 2 is 2.00 bits per heavy atom. The lowest BCUT2D eigenvalue weighted by molar-refractivity contribution is -0.124. The average Bonchev–Trinajstić information content (AvgIpc) is 2.01. The number of amides is 1. The molecule has 0 bridgehead atoms. The van der Waals surface area contributed by atoms with Crippen LogP contribution in [0.25, 0.3) is 0 Å². The molecule has 1 amide bonds. The predicted molar refractivity (Wildman–Crippen MR) is 56.7 cm³/mol. The molecule has 6 heteroatoms. The van der Waals surface area contributed by atoms with Crippen LogP contribution in [0.15, 0.2) is 0 Å². The van der Waals surface area contributed by atoms with E-state index in [0.717, 1.165) is 6.26 Å². The topological polar surface area (TPSA) is 87.0 Å². The van der Waals surface area contributed by atoms with E-state index in [1.807, 2.05) is 6.07 Å². The fourth-order valence-corrected chi connectivity index (χ4v) is 1.45. The number of nitrogens with zero attached hydrogens (tertiary/aromatic N) is 1. The predicted octanol–water partition coefficient (Wildman–Crippen LogP) is -0.0570. The Balaban J connectivity index is 4.10. The van der Waals surface area contributed by atoms with Crippen molar-refractivity contribution >= 4 is 15.7 Å². The molecule has 0 aliphatic heterocycles. The number of sulfone groups is 1. The highest BCUT2D eigenvalue weighted by Gasteiger charge is 2.21. The summed E-state index contributed by atoms with van der Waals surface area (Å²) in [6.07, 6.45) is 1.10. The lowest BCUT2D eigenvalue weighted by Gasteiger charge is -2.12. The van der Waals surface area contributed by atoms with Gasteiger partial charge in [0.05, 0.1) is 11.8 Å². The van der Waals surface area contributed by atoms with E-state index in [1.165, 1.54) is 0 Å². The van der Waals surface area contributed by atoms with E-state index < -0.39 is 21.7 Å². The van der Waals surface area contributed by atoms with Crippen molar-refractivity contribution in [2.45, 2.75) is 13.8 Å². The van der Waals surface area contributed by atoms with Gasteiger partial charge in [-0.25, -0.2) is 8.42 Å². The number of nitrogens with one attached hydrogen (secondary N) is 1. The summed E-state index contributed by atoms with van der Waals surface area (Å²) < 4.78 is 21.5. The third-order valence-electron chi connectivity index (χ3n) is 1.86. The second kappa shape index (κ2) is 5.71. The Kier molecular flexibility index (Phi) is 5.29. The Morgan fingerprint density at radius 3 is 2.33 bits per heavy atom. The van der Waals surface area contributed by atoms with Gasteiger partial charge in [-0.2, -0.15) is 5.26 Å². The summed E-state index contributed by atoms with van der Waals surface area (Å²) >= 11 is 0. The van der Waals surface area contributed by atoms with E-state index in [4.69, 9.17) is 5.26 Å². The van der Waals surface area contributed by atoms with E-state index in [-0.39, 0.29) is 18.2 Å². The van der Waals surface area contributed by atoms with Gasteiger partial charge in [0.25, 0.3) is 0 Å². The minimum Gasteiger partial charge on any atom is -0.354 e. The summed E-state index contributed by atoms with van der Waals surface area (Å²) in [6, 6.07) is 1.89. The monoisotopic (exact) mass is 232 g/mol. The summed E-state index contributed by atoms with van der Waals surface area (Å²) in [7, 11) is -3.07. The number of carbonyl (C=O) groups excluding carboxylic acids is 1. The van der Waals surface area contributed by atoms with Crippen LogP contribution < -0.4 is 5.32 Å². The molecule has 0 aliphatic carbocycles. The van der Waals surface area contributed by atoms with Crippen molar-refractivity contribution in [2.24, 2.45) is 11.8 Å². The highest BCUT2D eigenvalue weighted by molar-refractivity contribution is 7.90. The molecule has 1 unspecified atom stereocenters. The Hall–Kier alpha value is -1.09. The number of nitriles is 1. The van der Waals surface area contributed by atoms with Crippen LogP contribution in [-0.4, -0.2) is 32.9 Å². The molecule has 0 radical (unpaired) electrons. The highest BCUT2D eigenvalue weighted by Crippen LogP contribution is 2.08. The number of carbonyl (C=O) groups is 1. The standard InChI is InChI=1S/C9H16N2O3S/c1-7(2)8(6-10)9(12)11-4-5-15(3,13)14/h7-8H,4-5H2,1-3H3,(H,11,12). The summed E-state index contributed by atoms with van der Waals surface area (Å²) in [5.74, 6) is -1.30. The van der Waals surface area contributed by atoms with Gasteiger partial charge in [0, 0.05) is 12.8 Å². The van der Waals surface area contributed by atoms with Gasteiger partial charge in [0.2, 0.25) is 5.91 Å². The molecule has 0 aromatic rings. The molecule has 1 N–H and O–H groups in total. The summed E-state index contributed by atoms with van der Waals surface area (Å²) in [4.78, 5) is 11.4. The fourth-order valence-electron chi connectivity index (χ4n) is 0.980. The zero-order valence-electron chi connectivity index (χ0n) is 9.15. The van der Waals surface area contributed by atoms with Crippen LogP contribution in [0, 0.1) is 23.2 Å². The molecular formula is C9H16N2O3S. The molecule has 15 heavy (non-hydrogen) atoms. The van der Waals surface area contributed by atoms with Crippen LogP contribution >= 0.6 is 0 Å². The molecule has 86 valence electrons. The van der Waals surface area contributed by atoms with Gasteiger partial charge < -0.3 is 5.32 Å². The highest BCUT2D eigenvalue weighted by atomic mass is 32.2. The van der Waals surface area contributed by atoms with Crippen LogP contribution in [0.2, 0.25) is 0 Å². The van der Waals surface area contributed by atoms with Crippen LogP contribution in [0.3, 0.4) is 0 Å². The largest absolute Gasteiger partial charge is 0.354 e. The first-order chi connectivity index (χ1) is 6.78. The van der Waals surface area contributed by atoms with Gasteiger partial charge >= 0.3 is 0 Å². The van der Waals surface area contributed by atoms with Crippen molar-refractivity contribution in [3.63, 3.8) is 0 Å². The third kappa shape index (κ3) is 6.07. The smallest absolute Gasteiger partial charge is 0.237 e. The first kappa shape index (κ1) is 13.9. The molecule has 0 aliphatic rings. The molecule has 0 rings (SSSR count). The van der Waals surface area contributed by atoms with Crippen molar-refractivity contribution in [2.75, 3.05) is 18.6 Å². The molecule has 0 spiro atoms. The second-order valence-electron chi connectivity index (χ2n) is 3.77. The van der Waals surface area contributed by atoms with Crippen molar-refractivity contribution in [3.8, 4) is 6.07 Å². The van der Waals surface area contributed by atoms with Crippen LogP contribution in [-0.2, 0) is 14.6 Å². The van der Waals surface area contributed by atoms with E-state index >= 15 is 0 Å². The van der Waals surface area contributed by atoms with Crippen LogP contribution in [0.5, 0.6) is 0 Å². The quantitative estimate of drug-likeness (QED) is 0.719. The molecule has 0 saturated carbocycles. The minimum atomic E-state index is -3.07.